The summed E-state index contributed by atoms with van der Waals surface area (Å²) < 4.78 is 2.13. The van der Waals surface area contributed by atoms with Crippen LogP contribution in [0.2, 0.25) is 5.02 Å². The number of rotatable bonds is 8. The van der Waals surface area contributed by atoms with Gasteiger partial charge in [-0.2, -0.15) is 0 Å². The molecule has 1 unspecified atom stereocenters. The van der Waals surface area contributed by atoms with Gasteiger partial charge >= 0.3 is 0 Å². The molecule has 2 aromatic carbocycles. The van der Waals surface area contributed by atoms with Gasteiger partial charge < -0.3 is 9.47 Å². The Bertz CT molecular complexity index is 1120. The fourth-order valence-electron chi connectivity index (χ4n) is 4.47. The number of benzene rings is 2. The van der Waals surface area contributed by atoms with Crippen LogP contribution in [0.15, 0.2) is 66.9 Å². The van der Waals surface area contributed by atoms with E-state index in [0.29, 0.717) is 18.0 Å². The summed E-state index contributed by atoms with van der Waals surface area (Å²) in [5.41, 5.74) is 3.77. The maximum Gasteiger partial charge on any atom is 0.247 e. The van der Waals surface area contributed by atoms with Crippen LogP contribution in [0.25, 0.3) is 5.69 Å². The molecule has 0 aliphatic carbocycles. The first kappa shape index (κ1) is 23.1. The minimum Gasteiger partial charge on any atom is -0.333 e. The van der Waals surface area contributed by atoms with E-state index in [1.54, 1.807) is 4.90 Å². The van der Waals surface area contributed by atoms with Crippen molar-refractivity contribution in [1.82, 2.24) is 9.47 Å². The Morgan fingerprint density at radius 2 is 1.67 bits per heavy atom. The fraction of sp³-hybridized carbons (Fsp3) is 0.333. The smallest absolute Gasteiger partial charge is 0.247 e. The lowest BCUT2D eigenvalue weighted by atomic mass is 9.97. The van der Waals surface area contributed by atoms with Gasteiger partial charge in [0.25, 0.3) is 0 Å². The van der Waals surface area contributed by atoms with Gasteiger partial charge in [0.15, 0.2) is 0 Å². The summed E-state index contributed by atoms with van der Waals surface area (Å²) in [4.78, 5) is 30.3. The summed E-state index contributed by atoms with van der Waals surface area (Å²) >= 11 is 6.16. The second kappa shape index (κ2) is 10.3. The molecule has 0 radical (unpaired) electrons. The van der Waals surface area contributed by atoms with Crippen molar-refractivity contribution in [2.75, 3.05) is 18.0 Å². The average molecular weight is 464 g/mol. The SMILES string of the molecule is CCCCN(CC(=O)N1c2ccccc2-n2cccc2C1c1ccc(Cl)cc1)C(=O)CCC. The maximum atomic E-state index is 13.9. The number of hydrogen-bond acceptors (Lipinski definition) is 2. The van der Waals surface area contributed by atoms with Crippen molar-refractivity contribution >= 4 is 29.1 Å². The first-order valence-electron chi connectivity index (χ1n) is 11.7. The summed E-state index contributed by atoms with van der Waals surface area (Å²) in [6.07, 6.45) is 5.09. The van der Waals surface area contributed by atoms with Crippen LogP contribution in [0.1, 0.15) is 56.8 Å². The van der Waals surface area contributed by atoms with Crippen LogP contribution in [0.5, 0.6) is 0 Å². The molecule has 0 fully saturated rings. The number of halogens is 1. The van der Waals surface area contributed by atoms with Crippen molar-refractivity contribution in [3.05, 3.63) is 83.1 Å². The van der Waals surface area contributed by atoms with Crippen LogP contribution in [0.4, 0.5) is 5.69 Å². The molecule has 4 rings (SSSR count). The highest BCUT2D eigenvalue weighted by molar-refractivity contribution is 6.30. The van der Waals surface area contributed by atoms with Crippen molar-refractivity contribution in [2.24, 2.45) is 0 Å². The molecule has 0 spiro atoms. The zero-order valence-electron chi connectivity index (χ0n) is 19.2. The number of unbranched alkanes of at least 4 members (excludes halogenated alkanes) is 1. The van der Waals surface area contributed by atoms with Gasteiger partial charge in [0, 0.05) is 24.2 Å². The van der Waals surface area contributed by atoms with Crippen molar-refractivity contribution in [1.29, 1.82) is 0 Å². The second-order valence-electron chi connectivity index (χ2n) is 8.43. The molecule has 33 heavy (non-hydrogen) atoms. The Balaban J connectivity index is 1.76. The lowest BCUT2D eigenvalue weighted by Crippen LogP contribution is -2.47. The number of fused-ring (bicyclic) bond motifs is 3. The summed E-state index contributed by atoms with van der Waals surface area (Å²) in [5.74, 6) is -0.0496. The predicted octanol–water partition coefficient (Wildman–Crippen LogP) is 6.00. The molecule has 5 nitrogen and oxygen atoms in total. The third-order valence-electron chi connectivity index (χ3n) is 6.10. The lowest BCUT2D eigenvalue weighted by molar-refractivity contribution is -0.135. The van der Waals surface area contributed by atoms with E-state index in [0.717, 1.165) is 41.9 Å². The number of carbonyl (C=O) groups is 2. The summed E-state index contributed by atoms with van der Waals surface area (Å²) in [5, 5.41) is 0.652. The summed E-state index contributed by atoms with van der Waals surface area (Å²) in [6.45, 7) is 4.75. The van der Waals surface area contributed by atoms with Crippen molar-refractivity contribution in [2.45, 2.75) is 45.6 Å². The molecule has 1 aliphatic rings. The Hall–Kier alpha value is -3.05. The predicted molar refractivity (Wildman–Crippen MR) is 133 cm³/mol. The molecule has 2 amide bonds. The molecule has 0 N–H and O–H groups in total. The van der Waals surface area contributed by atoms with Gasteiger partial charge in [0.1, 0.15) is 12.6 Å². The Morgan fingerprint density at radius 1 is 0.939 bits per heavy atom. The topological polar surface area (TPSA) is 45.6 Å². The molecule has 0 bridgehead atoms. The molecule has 1 atom stereocenters. The van der Waals surface area contributed by atoms with Crippen LogP contribution in [-0.2, 0) is 9.59 Å². The Kier molecular flexibility index (Phi) is 7.19. The molecule has 1 aromatic heterocycles. The first-order valence-corrected chi connectivity index (χ1v) is 12.0. The van der Waals surface area contributed by atoms with Gasteiger partial charge in [-0.3, -0.25) is 14.5 Å². The molecular weight excluding hydrogens is 434 g/mol. The molecule has 0 saturated heterocycles. The van der Waals surface area contributed by atoms with Gasteiger partial charge in [-0.1, -0.05) is 56.1 Å². The zero-order valence-corrected chi connectivity index (χ0v) is 20.0. The third-order valence-corrected chi connectivity index (χ3v) is 6.35. The molecular formula is C27H30ClN3O2. The van der Waals surface area contributed by atoms with Gasteiger partial charge in [-0.25, -0.2) is 0 Å². The number of amides is 2. The highest BCUT2D eigenvalue weighted by Gasteiger charge is 2.36. The number of para-hydroxylation sites is 2. The van der Waals surface area contributed by atoms with Gasteiger partial charge in [0.05, 0.1) is 17.1 Å². The number of hydrogen-bond donors (Lipinski definition) is 0. The summed E-state index contributed by atoms with van der Waals surface area (Å²) in [7, 11) is 0. The summed E-state index contributed by atoms with van der Waals surface area (Å²) in [6, 6.07) is 19.3. The van der Waals surface area contributed by atoms with E-state index in [9.17, 15) is 9.59 Å². The molecule has 0 saturated carbocycles. The molecule has 172 valence electrons. The average Bonchev–Trinajstić information content (AvgIpc) is 3.31. The van der Waals surface area contributed by atoms with Crippen LogP contribution in [0.3, 0.4) is 0 Å². The zero-order chi connectivity index (χ0) is 23.4. The monoisotopic (exact) mass is 463 g/mol. The van der Waals surface area contributed by atoms with Crippen LogP contribution >= 0.6 is 11.6 Å². The normalized spacial score (nSPS) is 14.5. The molecule has 6 heteroatoms. The van der Waals surface area contributed by atoms with Gasteiger partial charge in [0.2, 0.25) is 11.8 Å². The number of anilines is 1. The van der Waals surface area contributed by atoms with E-state index in [4.69, 9.17) is 11.6 Å². The lowest BCUT2D eigenvalue weighted by Gasteiger charge is -2.39. The van der Waals surface area contributed by atoms with E-state index in [-0.39, 0.29) is 24.4 Å². The van der Waals surface area contributed by atoms with Crippen LogP contribution in [-0.4, -0.2) is 34.4 Å². The van der Waals surface area contributed by atoms with Crippen molar-refractivity contribution in [3.63, 3.8) is 0 Å². The Labute approximate surface area is 200 Å². The minimum absolute atomic E-state index is 0.0380. The number of carbonyl (C=O) groups excluding carboxylic acids is 2. The third kappa shape index (κ3) is 4.69. The standard InChI is InChI=1S/C27H30ClN3O2/c1-3-5-17-29(25(32)9-4-2)19-26(33)31-23-11-7-6-10-22(23)30-18-8-12-24(30)27(31)20-13-15-21(28)16-14-20/h6-8,10-16,18,27H,3-5,9,17,19H2,1-2H3. The van der Waals surface area contributed by atoms with E-state index in [1.165, 1.54) is 0 Å². The number of aromatic nitrogens is 1. The quantitative estimate of drug-likeness (QED) is 0.411. The minimum atomic E-state index is -0.311. The van der Waals surface area contributed by atoms with Crippen molar-refractivity contribution < 1.29 is 9.59 Å². The molecule has 1 aliphatic heterocycles. The highest BCUT2D eigenvalue weighted by atomic mass is 35.5. The van der Waals surface area contributed by atoms with Gasteiger partial charge in [-0.05, 0) is 54.8 Å². The molecule has 3 aromatic rings. The highest BCUT2D eigenvalue weighted by Crippen LogP contribution is 2.42. The first-order chi connectivity index (χ1) is 16.0. The van der Waals surface area contributed by atoms with Crippen LogP contribution < -0.4 is 4.90 Å². The van der Waals surface area contributed by atoms with E-state index in [1.807, 2.05) is 78.7 Å². The fourth-order valence-corrected chi connectivity index (χ4v) is 4.60. The number of nitrogens with zero attached hydrogens (tertiary/aromatic N) is 3. The maximum absolute atomic E-state index is 13.9. The molecule has 2 heterocycles. The largest absolute Gasteiger partial charge is 0.333 e. The van der Waals surface area contributed by atoms with E-state index < -0.39 is 0 Å². The van der Waals surface area contributed by atoms with E-state index >= 15 is 0 Å². The van der Waals surface area contributed by atoms with Gasteiger partial charge in [-0.15, -0.1) is 0 Å². The second-order valence-corrected chi connectivity index (χ2v) is 8.86. The Morgan fingerprint density at radius 3 is 2.36 bits per heavy atom. The van der Waals surface area contributed by atoms with Crippen LogP contribution in [0, 0.1) is 0 Å². The van der Waals surface area contributed by atoms with Crippen molar-refractivity contribution in [3.8, 4) is 5.69 Å². The van der Waals surface area contributed by atoms with E-state index in [2.05, 4.69) is 11.5 Å².